The fraction of sp³-hybridized carbons (Fsp3) is 1.00. The van der Waals surface area contributed by atoms with E-state index < -0.39 is 0 Å². The van der Waals surface area contributed by atoms with E-state index in [1.165, 1.54) is 0 Å². The Kier molecular flexibility index (Phi) is 8.75. The predicted octanol–water partition coefficient (Wildman–Crippen LogP) is 4.51. The Bertz CT molecular complexity index is 113. The largest absolute Gasteiger partial charge is 0.127 e. The number of hydrogen-bond donors (Lipinski definition) is 0. The van der Waals surface area contributed by atoms with Crippen LogP contribution in [-0.2, 0) is 0 Å². The van der Waals surface area contributed by atoms with Crippen molar-refractivity contribution in [3.8, 4) is 0 Å². The Morgan fingerprint density at radius 2 is 1.54 bits per heavy atom. The van der Waals surface area contributed by atoms with E-state index in [9.17, 15) is 0 Å². The Balaban J connectivity index is 4.07. The first-order valence-electron chi connectivity index (χ1n) is 4.97. The monoisotopic (exact) mass is 244 g/mol. The quantitative estimate of drug-likeness (QED) is 0.579. The van der Waals surface area contributed by atoms with Crippen molar-refractivity contribution in [2.75, 3.05) is 11.8 Å². The third kappa shape index (κ3) is 4.76. The molecule has 0 aromatic rings. The van der Waals surface area contributed by atoms with Gasteiger partial charge in [0.05, 0.1) is 0 Å². The summed E-state index contributed by atoms with van der Waals surface area (Å²) in [6.07, 6.45) is 3.14. The molecule has 13 heavy (non-hydrogen) atoms. The smallest absolute Gasteiger partial charge is 0.0404 e. The number of halogens is 3. The van der Waals surface area contributed by atoms with Gasteiger partial charge in [-0.05, 0) is 18.3 Å². The van der Waals surface area contributed by atoms with E-state index in [4.69, 9.17) is 34.8 Å². The third-order valence-corrected chi connectivity index (χ3v) is 3.95. The summed E-state index contributed by atoms with van der Waals surface area (Å²) in [5.74, 6) is 2.29. The molecule has 3 heteroatoms. The van der Waals surface area contributed by atoms with Gasteiger partial charge in [-0.1, -0.05) is 26.7 Å². The lowest BCUT2D eigenvalue weighted by atomic mass is 9.89. The highest BCUT2D eigenvalue weighted by atomic mass is 35.5. The molecule has 0 aromatic carbocycles. The number of rotatable bonds is 7. The van der Waals surface area contributed by atoms with Gasteiger partial charge in [0.2, 0.25) is 0 Å². The Morgan fingerprint density at radius 3 is 1.85 bits per heavy atom. The summed E-state index contributed by atoms with van der Waals surface area (Å²) in [6, 6.07) is 0. The molecule has 0 rings (SSSR count). The van der Waals surface area contributed by atoms with E-state index in [2.05, 4.69) is 13.8 Å². The molecule has 0 aliphatic carbocycles. The summed E-state index contributed by atoms with van der Waals surface area (Å²) in [6.45, 7) is 4.30. The first-order valence-corrected chi connectivity index (χ1v) is 6.47. The lowest BCUT2D eigenvalue weighted by Crippen LogP contribution is -2.25. The summed E-state index contributed by atoms with van der Waals surface area (Å²) in [7, 11) is 0. The van der Waals surface area contributed by atoms with E-state index in [-0.39, 0.29) is 5.38 Å². The van der Waals surface area contributed by atoms with Crippen molar-refractivity contribution in [3.63, 3.8) is 0 Å². The van der Waals surface area contributed by atoms with E-state index in [0.29, 0.717) is 23.6 Å². The van der Waals surface area contributed by atoms with Crippen LogP contribution in [-0.4, -0.2) is 17.1 Å². The molecule has 0 nitrogen and oxygen atoms in total. The zero-order chi connectivity index (χ0) is 10.3. The molecule has 0 aliphatic heterocycles. The molecule has 0 saturated heterocycles. The van der Waals surface area contributed by atoms with Crippen LogP contribution < -0.4 is 0 Å². The van der Waals surface area contributed by atoms with Gasteiger partial charge in [-0.25, -0.2) is 0 Å². The molecule has 0 bridgehead atoms. The van der Waals surface area contributed by atoms with Gasteiger partial charge in [0, 0.05) is 17.1 Å². The van der Waals surface area contributed by atoms with Gasteiger partial charge in [-0.2, -0.15) is 0 Å². The third-order valence-electron chi connectivity index (χ3n) is 2.63. The Hall–Kier alpha value is 0.870. The van der Waals surface area contributed by atoms with Crippen molar-refractivity contribution >= 4 is 34.8 Å². The summed E-state index contributed by atoms with van der Waals surface area (Å²) in [5, 5.41) is 0.186. The van der Waals surface area contributed by atoms with Gasteiger partial charge in [0.25, 0.3) is 0 Å². The normalized spacial score (nSPS) is 18.2. The molecule has 0 fully saturated rings. The highest BCUT2D eigenvalue weighted by molar-refractivity contribution is 6.23. The van der Waals surface area contributed by atoms with Crippen LogP contribution in [0.1, 0.15) is 33.1 Å². The second-order valence-electron chi connectivity index (χ2n) is 3.41. The van der Waals surface area contributed by atoms with Crippen LogP contribution in [0.25, 0.3) is 0 Å². The molecule has 0 saturated carbocycles. The summed E-state index contributed by atoms with van der Waals surface area (Å²) >= 11 is 17.9. The van der Waals surface area contributed by atoms with Crippen molar-refractivity contribution in [1.82, 2.24) is 0 Å². The fourth-order valence-corrected chi connectivity index (χ4v) is 2.89. The molecule has 80 valence electrons. The minimum Gasteiger partial charge on any atom is -0.127 e. The van der Waals surface area contributed by atoms with Crippen LogP contribution in [0.3, 0.4) is 0 Å². The van der Waals surface area contributed by atoms with Crippen LogP contribution in [0.15, 0.2) is 0 Å². The molecule has 0 heterocycles. The van der Waals surface area contributed by atoms with Crippen LogP contribution in [0.5, 0.6) is 0 Å². The summed E-state index contributed by atoms with van der Waals surface area (Å²) in [5.41, 5.74) is 0. The highest BCUT2D eigenvalue weighted by Crippen LogP contribution is 2.28. The Morgan fingerprint density at radius 1 is 1.00 bits per heavy atom. The van der Waals surface area contributed by atoms with Gasteiger partial charge in [0.15, 0.2) is 0 Å². The fourth-order valence-electron chi connectivity index (χ4n) is 1.53. The van der Waals surface area contributed by atoms with Crippen LogP contribution in [0.2, 0.25) is 0 Å². The molecule has 0 amide bonds. The second kappa shape index (κ2) is 8.20. The standard InChI is InChI=1S/C10H19Cl3/c1-3-8(5-6-11)10(13)9(4-2)7-12/h8-10H,3-7H2,1-2H3. The molecular formula is C10H19Cl3. The molecular weight excluding hydrogens is 226 g/mol. The lowest BCUT2D eigenvalue weighted by Gasteiger charge is -2.26. The van der Waals surface area contributed by atoms with Gasteiger partial charge in [-0.3, -0.25) is 0 Å². The van der Waals surface area contributed by atoms with Crippen LogP contribution >= 0.6 is 34.8 Å². The van der Waals surface area contributed by atoms with Gasteiger partial charge >= 0.3 is 0 Å². The molecule has 0 aliphatic rings. The summed E-state index contributed by atoms with van der Waals surface area (Å²) in [4.78, 5) is 0. The SMILES string of the molecule is CCC(CCl)C(Cl)C(CC)CCCl. The zero-order valence-corrected chi connectivity index (χ0v) is 10.7. The Labute approximate surface area is 96.9 Å². The minimum atomic E-state index is 0.186. The number of alkyl halides is 3. The zero-order valence-electron chi connectivity index (χ0n) is 8.40. The first kappa shape index (κ1) is 13.9. The molecule has 0 spiro atoms. The molecule has 3 atom stereocenters. The molecule has 3 unspecified atom stereocenters. The maximum Gasteiger partial charge on any atom is 0.0404 e. The van der Waals surface area contributed by atoms with Crippen molar-refractivity contribution in [1.29, 1.82) is 0 Å². The minimum absolute atomic E-state index is 0.186. The van der Waals surface area contributed by atoms with Gasteiger partial charge in [-0.15, -0.1) is 34.8 Å². The maximum atomic E-state index is 6.35. The highest BCUT2D eigenvalue weighted by Gasteiger charge is 2.24. The van der Waals surface area contributed by atoms with Crippen LogP contribution in [0, 0.1) is 11.8 Å². The molecule has 0 radical (unpaired) electrons. The van der Waals surface area contributed by atoms with Gasteiger partial charge in [0.1, 0.15) is 0 Å². The van der Waals surface area contributed by atoms with E-state index in [1.54, 1.807) is 0 Å². The second-order valence-corrected chi connectivity index (χ2v) is 4.60. The first-order chi connectivity index (χ1) is 6.21. The van der Waals surface area contributed by atoms with E-state index >= 15 is 0 Å². The summed E-state index contributed by atoms with van der Waals surface area (Å²) < 4.78 is 0. The van der Waals surface area contributed by atoms with Gasteiger partial charge < -0.3 is 0 Å². The lowest BCUT2D eigenvalue weighted by molar-refractivity contribution is 0.377. The van der Waals surface area contributed by atoms with Crippen molar-refractivity contribution in [3.05, 3.63) is 0 Å². The molecule has 0 N–H and O–H groups in total. The van der Waals surface area contributed by atoms with Crippen molar-refractivity contribution in [2.24, 2.45) is 11.8 Å². The van der Waals surface area contributed by atoms with E-state index in [1.807, 2.05) is 0 Å². The van der Waals surface area contributed by atoms with E-state index in [0.717, 1.165) is 19.3 Å². The number of hydrogen-bond acceptors (Lipinski definition) is 0. The maximum absolute atomic E-state index is 6.35. The molecule has 0 aromatic heterocycles. The van der Waals surface area contributed by atoms with Crippen LogP contribution in [0.4, 0.5) is 0 Å². The topological polar surface area (TPSA) is 0 Å². The predicted molar refractivity (Wildman–Crippen MR) is 63.3 cm³/mol. The van der Waals surface area contributed by atoms with Crippen molar-refractivity contribution < 1.29 is 0 Å². The average Bonchev–Trinajstić information content (AvgIpc) is 2.15. The van der Waals surface area contributed by atoms with Crippen molar-refractivity contribution in [2.45, 2.75) is 38.5 Å². The average molecular weight is 246 g/mol.